The normalized spacial score (nSPS) is 26.8. The van der Waals surface area contributed by atoms with Crippen LogP contribution < -0.4 is 4.90 Å². The van der Waals surface area contributed by atoms with Crippen LogP contribution in [0.15, 0.2) is 29.9 Å². The first kappa shape index (κ1) is 10.5. The van der Waals surface area contributed by atoms with E-state index in [0.717, 1.165) is 35.6 Å². The smallest absolute Gasteiger partial charge is 0.140 e. The lowest BCUT2D eigenvalue weighted by Gasteiger charge is -2.17. The van der Waals surface area contributed by atoms with Gasteiger partial charge >= 0.3 is 0 Å². The van der Waals surface area contributed by atoms with Crippen molar-refractivity contribution in [3.05, 3.63) is 29.9 Å². The van der Waals surface area contributed by atoms with E-state index in [1.807, 2.05) is 0 Å². The van der Waals surface area contributed by atoms with Crippen molar-refractivity contribution in [3.8, 4) is 0 Å². The highest BCUT2D eigenvalue weighted by atomic mass is 32.1. The number of fused-ring (bicyclic) bond motifs is 2. The fourth-order valence-corrected chi connectivity index (χ4v) is 3.94. The molecule has 1 fully saturated rings. The van der Waals surface area contributed by atoms with Crippen LogP contribution in [0.3, 0.4) is 0 Å². The van der Waals surface area contributed by atoms with Gasteiger partial charge in [0, 0.05) is 13.1 Å². The van der Waals surface area contributed by atoms with E-state index < -0.39 is 0 Å². The average molecular weight is 257 g/mol. The largest absolute Gasteiger partial charge is 0.355 e. The van der Waals surface area contributed by atoms with E-state index in [-0.39, 0.29) is 0 Å². The first-order valence-corrected chi connectivity index (χ1v) is 7.38. The molecule has 0 spiro atoms. The Morgan fingerprint density at radius 2 is 1.89 bits per heavy atom. The second-order valence-corrected chi connectivity index (χ2v) is 6.10. The van der Waals surface area contributed by atoms with Gasteiger partial charge in [0.25, 0.3) is 0 Å². The molecule has 2 atom stereocenters. The highest BCUT2D eigenvalue weighted by Crippen LogP contribution is 2.37. The molecule has 4 heteroatoms. The highest BCUT2D eigenvalue weighted by molar-refractivity contribution is 7.16. The van der Waals surface area contributed by atoms with E-state index >= 15 is 0 Å². The maximum atomic E-state index is 4.52. The second kappa shape index (κ2) is 4.05. The number of thiophene rings is 1. The highest BCUT2D eigenvalue weighted by Gasteiger charge is 2.33. The van der Waals surface area contributed by atoms with Gasteiger partial charge in [0.2, 0.25) is 0 Å². The minimum Gasteiger partial charge on any atom is -0.355 e. The Bertz CT molecular complexity index is 588. The van der Waals surface area contributed by atoms with Crippen LogP contribution in [0.2, 0.25) is 0 Å². The van der Waals surface area contributed by atoms with Gasteiger partial charge in [-0.1, -0.05) is 12.2 Å². The summed E-state index contributed by atoms with van der Waals surface area (Å²) >= 11 is 1.70. The van der Waals surface area contributed by atoms with Crippen LogP contribution in [0.4, 0.5) is 5.82 Å². The minimum atomic E-state index is 0.818. The molecule has 0 N–H and O–H groups in total. The summed E-state index contributed by atoms with van der Waals surface area (Å²) in [6, 6.07) is 2.15. The van der Waals surface area contributed by atoms with E-state index in [1.54, 1.807) is 17.7 Å². The van der Waals surface area contributed by atoms with E-state index in [1.165, 1.54) is 18.2 Å². The Labute approximate surface area is 110 Å². The van der Waals surface area contributed by atoms with Crippen LogP contribution >= 0.6 is 11.3 Å². The molecule has 0 radical (unpaired) electrons. The Kier molecular flexibility index (Phi) is 2.36. The monoisotopic (exact) mass is 257 g/mol. The summed E-state index contributed by atoms with van der Waals surface area (Å²) in [7, 11) is 0. The van der Waals surface area contributed by atoms with Crippen molar-refractivity contribution in [2.75, 3.05) is 18.0 Å². The first-order chi connectivity index (χ1) is 8.92. The molecule has 0 amide bonds. The molecule has 3 heterocycles. The topological polar surface area (TPSA) is 29.0 Å². The SMILES string of the molecule is C1=CCC2CN(c3ncnc4sccc34)CC2C1. The van der Waals surface area contributed by atoms with Crippen LogP contribution in [0.5, 0.6) is 0 Å². The van der Waals surface area contributed by atoms with Gasteiger partial charge in [0.1, 0.15) is 17.0 Å². The van der Waals surface area contributed by atoms with Crippen molar-refractivity contribution in [1.29, 1.82) is 0 Å². The van der Waals surface area contributed by atoms with E-state index in [9.17, 15) is 0 Å². The van der Waals surface area contributed by atoms with Crippen molar-refractivity contribution in [2.24, 2.45) is 11.8 Å². The number of hydrogen-bond donors (Lipinski definition) is 0. The Hall–Kier alpha value is -1.42. The van der Waals surface area contributed by atoms with Gasteiger partial charge in [-0.25, -0.2) is 9.97 Å². The molecule has 0 saturated carbocycles. The van der Waals surface area contributed by atoms with Crippen molar-refractivity contribution in [3.63, 3.8) is 0 Å². The third-order valence-corrected chi connectivity index (χ3v) is 4.98. The van der Waals surface area contributed by atoms with Crippen LogP contribution in [0.1, 0.15) is 12.8 Å². The van der Waals surface area contributed by atoms with Crippen LogP contribution in [-0.4, -0.2) is 23.1 Å². The van der Waals surface area contributed by atoms with Gasteiger partial charge in [-0.05, 0) is 36.1 Å². The summed E-state index contributed by atoms with van der Waals surface area (Å²) in [6.07, 6.45) is 8.85. The van der Waals surface area contributed by atoms with Crippen molar-refractivity contribution < 1.29 is 0 Å². The van der Waals surface area contributed by atoms with Gasteiger partial charge in [-0.2, -0.15) is 0 Å². The number of aromatic nitrogens is 2. The Morgan fingerprint density at radius 1 is 1.11 bits per heavy atom. The zero-order valence-corrected chi connectivity index (χ0v) is 10.9. The first-order valence-electron chi connectivity index (χ1n) is 6.50. The van der Waals surface area contributed by atoms with Crippen LogP contribution in [0.25, 0.3) is 10.2 Å². The number of hydrogen-bond acceptors (Lipinski definition) is 4. The fraction of sp³-hybridized carbons (Fsp3) is 0.429. The standard InChI is InChI=1S/C14H15N3S/c1-2-4-11-8-17(7-10(11)3-1)13-12-5-6-18-14(12)16-9-15-13/h1-2,5-6,9-11H,3-4,7-8H2. The van der Waals surface area contributed by atoms with Gasteiger partial charge in [-0.3, -0.25) is 0 Å². The lowest BCUT2D eigenvalue weighted by Crippen LogP contribution is -2.21. The molecule has 18 heavy (non-hydrogen) atoms. The minimum absolute atomic E-state index is 0.818. The lowest BCUT2D eigenvalue weighted by molar-refractivity contribution is 0.411. The van der Waals surface area contributed by atoms with E-state index in [2.05, 4.69) is 38.5 Å². The molecule has 1 aliphatic heterocycles. The molecule has 2 aromatic rings. The van der Waals surface area contributed by atoms with Gasteiger partial charge in [0.15, 0.2) is 0 Å². The van der Waals surface area contributed by atoms with E-state index in [4.69, 9.17) is 0 Å². The molecule has 92 valence electrons. The van der Waals surface area contributed by atoms with E-state index in [0.29, 0.717) is 0 Å². The Morgan fingerprint density at radius 3 is 2.67 bits per heavy atom. The third-order valence-electron chi connectivity index (χ3n) is 4.16. The van der Waals surface area contributed by atoms with Crippen molar-refractivity contribution in [2.45, 2.75) is 12.8 Å². The van der Waals surface area contributed by atoms with Crippen molar-refractivity contribution in [1.82, 2.24) is 9.97 Å². The molecule has 4 rings (SSSR count). The summed E-state index contributed by atoms with van der Waals surface area (Å²) in [5.41, 5.74) is 0. The number of anilines is 1. The van der Waals surface area contributed by atoms with Crippen LogP contribution in [-0.2, 0) is 0 Å². The molecule has 2 aliphatic rings. The summed E-state index contributed by atoms with van der Waals surface area (Å²) in [5, 5.41) is 3.32. The van der Waals surface area contributed by atoms with Gasteiger partial charge in [0.05, 0.1) is 5.39 Å². The number of nitrogens with zero attached hydrogens (tertiary/aromatic N) is 3. The number of allylic oxidation sites excluding steroid dienone is 2. The average Bonchev–Trinajstić information content (AvgIpc) is 3.04. The molecular weight excluding hydrogens is 242 g/mol. The second-order valence-electron chi connectivity index (χ2n) is 5.20. The molecule has 2 aromatic heterocycles. The quantitative estimate of drug-likeness (QED) is 0.735. The van der Waals surface area contributed by atoms with Crippen molar-refractivity contribution >= 4 is 27.4 Å². The summed E-state index contributed by atoms with van der Waals surface area (Å²) in [4.78, 5) is 12.4. The summed E-state index contributed by atoms with van der Waals surface area (Å²) in [5.74, 6) is 2.77. The maximum Gasteiger partial charge on any atom is 0.140 e. The Balaban J connectivity index is 1.70. The van der Waals surface area contributed by atoms with Gasteiger partial charge < -0.3 is 4.90 Å². The zero-order chi connectivity index (χ0) is 11.9. The van der Waals surface area contributed by atoms with Gasteiger partial charge in [-0.15, -0.1) is 11.3 Å². The summed E-state index contributed by atoms with van der Waals surface area (Å²) < 4.78 is 0. The molecular formula is C14H15N3S. The fourth-order valence-electron chi connectivity index (χ4n) is 3.22. The number of rotatable bonds is 1. The molecule has 2 unspecified atom stereocenters. The molecule has 1 saturated heterocycles. The van der Waals surface area contributed by atoms with Crippen LogP contribution in [0, 0.1) is 11.8 Å². The lowest BCUT2D eigenvalue weighted by atomic mass is 9.86. The maximum absolute atomic E-state index is 4.52. The molecule has 1 aliphatic carbocycles. The predicted octanol–water partition coefficient (Wildman–Crippen LogP) is 3.09. The molecule has 3 nitrogen and oxygen atoms in total. The zero-order valence-electron chi connectivity index (χ0n) is 10.1. The predicted molar refractivity (Wildman–Crippen MR) is 75.0 cm³/mol. The third kappa shape index (κ3) is 1.56. The summed E-state index contributed by atoms with van der Waals surface area (Å²) in [6.45, 7) is 2.30. The molecule has 0 aromatic carbocycles. The molecule has 0 bridgehead atoms.